The van der Waals surface area contributed by atoms with E-state index in [2.05, 4.69) is 11.1 Å². The Balaban J connectivity index is 2.03. The summed E-state index contributed by atoms with van der Waals surface area (Å²) in [6.45, 7) is 0. The number of benzene rings is 2. The van der Waals surface area contributed by atoms with Crippen molar-refractivity contribution in [2.75, 3.05) is 14.2 Å². The molecule has 100 valence electrons. The van der Waals surface area contributed by atoms with Crippen LogP contribution in [0.3, 0.4) is 0 Å². The maximum atomic E-state index is 5.21. The third-order valence-electron chi connectivity index (χ3n) is 3.31. The second kappa shape index (κ2) is 5.21. The van der Waals surface area contributed by atoms with Crippen molar-refractivity contribution < 1.29 is 9.47 Å². The lowest BCUT2D eigenvalue weighted by molar-refractivity contribution is 0.415. The van der Waals surface area contributed by atoms with Crippen LogP contribution in [0.5, 0.6) is 11.5 Å². The molecule has 3 heteroatoms. The van der Waals surface area contributed by atoms with Gasteiger partial charge in [-0.3, -0.25) is 4.98 Å². The van der Waals surface area contributed by atoms with Gasteiger partial charge in [-0.25, -0.2) is 0 Å². The van der Waals surface area contributed by atoms with Crippen molar-refractivity contribution in [1.29, 1.82) is 0 Å². The molecule has 0 bridgehead atoms. The molecule has 0 N–H and O–H groups in total. The van der Waals surface area contributed by atoms with Gasteiger partial charge in [-0.2, -0.15) is 0 Å². The standard InChI is InChI=1S/C17H15NO2/c1-19-15-6-3-12(4-7-15)14-9-13-5-8-16(20-2)10-17(13)18-11-14/h3-11H,1-2H3. The van der Waals surface area contributed by atoms with E-state index >= 15 is 0 Å². The van der Waals surface area contributed by atoms with Gasteiger partial charge >= 0.3 is 0 Å². The normalized spacial score (nSPS) is 10.5. The summed E-state index contributed by atoms with van der Waals surface area (Å²) in [5.74, 6) is 1.68. The minimum atomic E-state index is 0.821. The van der Waals surface area contributed by atoms with E-state index in [4.69, 9.17) is 9.47 Å². The maximum absolute atomic E-state index is 5.21. The zero-order chi connectivity index (χ0) is 13.9. The molecular weight excluding hydrogens is 250 g/mol. The molecule has 20 heavy (non-hydrogen) atoms. The fourth-order valence-electron chi connectivity index (χ4n) is 2.17. The number of methoxy groups -OCH3 is 2. The largest absolute Gasteiger partial charge is 0.497 e. The van der Waals surface area contributed by atoms with Gasteiger partial charge in [-0.05, 0) is 35.9 Å². The summed E-state index contributed by atoms with van der Waals surface area (Å²) in [5.41, 5.74) is 3.14. The van der Waals surface area contributed by atoms with Gasteiger partial charge in [0.15, 0.2) is 0 Å². The summed E-state index contributed by atoms with van der Waals surface area (Å²) in [4.78, 5) is 4.50. The van der Waals surface area contributed by atoms with Crippen LogP contribution in [0, 0.1) is 0 Å². The lowest BCUT2D eigenvalue weighted by Crippen LogP contribution is -1.87. The van der Waals surface area contributed by atoms with E-state index in [0.717, 1.165) is 33.5 Å². The van der Waals surface area contributed by atoms with E-state index < -0.39 is 0 Å². The fourth-order valence-corrected chi connectivity index (χ4v) is 2.17. The smallest absolute Gasteiger partial charge is 0.121 e. The molecule has 3 nitrogen and oxygen atoms in total. The molecule has 1 aromatic heterocycles. The first-order chi connectivity index (χ1) is 9.80. The highest BCUT2D eigenvalue weighted by molar-refractivity contribution is 5.84. The van der Waals surface area contributed by atoms with Gasteiger partial charge in [0.25, 0.3) is 0 Å². The number of rotatable bonds is 3. The van der Waals surface area contributed by atoms with E-state index in [1.807, 2.05) is 48.7 Å². The lowest BCUT2D eigenvalue weighted by atomic mass is 10.1. The molecule has 0 aliphatic heterocycles. The molecule has 0 aliphatic rings. The van der Waals surface area contributed by atoms with Gasteiger partial charge in [-0.15, -0.1) is 0 Å². The van der Waals surface area contributed by atoms with Gasteiger partial charge in [0.05, 0.1) is 19.7 Å². The monoisotopic (exact) mass is 265 g/mol. The lowest BCUT2D eigenvalue weighted by Gasteiger charge is -2.06. The molecule has 0 aliphatic carbocycles. The Morgan fingerprint density at radius 3 is 2.15 bits per heavy atom. The molecule has 0 atom stereocenters. The highest BCUT2D eigenvalue weighted by atomic mass is 16.5. The highest BCUT2D eigenvalue weighted by Crippen LogP contribution is 2.26. The van der Waals surface area contributed by atoms with Crippen molar-refractivity contribution >= 4 is 10.9 Å². The number of aromatic nitrogens is 1. The number of hydrogen-bond donors (Lipinski definition) is 0. The zero-order valence-electron chi connectivity index (χ0n) is 11.5. The van der Waals surface area contributed by atoms with E-state index in [1.165, 1.54) is 0 Å². The molecule has 0 saturated heterocycles. The molecule has 0 unspecified atom stereocenters. The molecule has 0 radical (unpaired) electrons. The van der Waals surface area contributed by atoms with Crippen LogP contribution >= 0.6 is 0 Å². The number of hydrogen-bond acceptors (Lipinski definition) is 3. The second-order valence-corrected chi connectivity index (χ2v) is 4.51. The van der Waals surface area contributed by atoms with Crippen molar-refractivity contribution in [3.8, 4) is 22.6 Å². The fraction of sp³-hybridized carbons (Fsp3) is 0.118. The van der Waals surface area contributed by atoms with Crippen molar-refractivity contribution in [2.24, 2.45) is 0 Å². The number of pyridine rings is 1. The average molecular weight is 265 g/mol. The number of fused-ring (bicyclic) bond motifs is 1. The zero-order valence-corrected chi connectivity index (χ0v) is 11.5. The van der Waals surface area contributed by atoms with Crippen molar-refractivity contribution in [1.82, 2.24) is 4.98 Å². The molecule has 0 amide bonds. The predicted molar refractivity (Wildman–Crippen MR) is 80.3 cm³/mol. The quantitative estimate of drug-likeness (QED) is 0.719. The third kappa shape index (κ3) is 2.30. The predicted octanol–water partition coefficient (Wildman–Crippen LogP) is 3.92. The SMILES string of the molecule is COc1ccc(-c2cnc3cc(OC)ccc3c2)cc1. The summed E-state index contributed by atoms with van der Waals surface area (Å²) >= 11 is 0. The van der Waals surface area contributed by atoms with E-state index in [0.29, 0.717) is 0 Å². The average Bonchev–Trinajstić information content (AvgIpc) is 2.54. The van der Waals surface area contributed by atoms with E-state index in [9.17, 15) is 0 Å². The van der Waals surface area contributed by atoms with E-state index in [-0.39, 0.29) is 0 Å². The Kier molecular flexibility index (Phi) is 3.25. The van der Waals surface area contributed by atoms with Crippen LogP contribution < -0.4 is 9.47 Å². The molecule has 0 spiro atoms. The van der Waals surface area contributed by atoms with Crippen LogP contribution in [0.4, 0.5) is 0 Å². The van der Waals surface area contributed by atoms with Crippen molar-refractivity contribution in [3.05, 3.63) is 54.7 Å². The van der Waals surface area contributed by atoms with Crippen LogP contribution in [0.1, 0.15) is 0 Å². The topological polar surface area (TPSA) is 31.4 Å². The summed E-state index contributed by atoms with van der Waals surface area (Å²) in [6.07, 6.45) is 1.88. The minimum Gasteiger partial charge on any atom is -0.497 e. The maximum Gasteiger partial charge on any atom is 0.121 e. The van der Waals surface area contributed by atoms with Crippen molar-refractivity contribution in [2.45, 2.75) is 0 Å². The molecule has 0 fully saturated rings. The Labute approximate surface area is 117 Å². The van der Waals surface area contributed by atoms with Crippen LogP contribution in [-0.2, 0) is 0 Å². The molecule has 0 saturated carbocycles. The molecule has 2 aromatic carbocycles. The van der Waals surface area contributed by atoms with Gasteiger partial charge in [0.1, 0.15) is 11.5 Å². The van der Waals surface area contributed by atoms with Crippen LogP contribution in [-0.4, -0.2) is 19.2 Å². The molecule has 3 rings (SSSR count). The summed E-state index contributed by atoms with van der Waals surface area (Å²) < 4.78 is 10.4. The van der Waals surface area contributed by atoms with Crippen LogP contribution in [0.2, 0.25) is 0 Å². The van der Waals surface area contributed by atoms with Crippen LogP contribution in [0.15, 0.2) is 54.7 Å². The first-order valence-electron chi connectivity index (χ1n) is 6.38. The number of ether oxygens (including phenoxy) is 2. The Morgan fingerprint density at radius 1 is 0.750 bits per heavy atom. The Bertz CT molecular complexity index is 736. The molecular formula is C17H15NO2. The Hall–Kier alpha value is -2.55. The molecule has 1 heterocycles. The van der Waals surface area contributed by atoms with E-state index in [1.54, 1.807) is 14.2 Å². The number of nitrogens with zero attached hydrogens (tertiary/aromatic N) is 1. The summed E-state index contributed by atoms with van der Waals surface area (Å²) in [7, 11) is 3.33. The Morgan fingerprint density at radius 2 is 1.45 bits per heavy atom. The van der Waals surface area contributed by atoms with Gasteiger partial charge in [0, 0.05) is 23.2 Å². The second-order valence-electron chi connectivity index (χ2n) is 4.51. The summed E-state index contributed by atoms with van der Waals surface area (Å²) in [5, 5.41) is 1.10. The highest BCUT2D eigenvalue weighted by Gasteiger charge is 2.02. The summed E-state index contributed by atoms with van der Waals surface area (Å²) in [6, 6.07) is 16.0. The van der Waals surface area contributed by atoms with Gasteiger partial charge in [-0.1, -0.05) is 12.1 Å². The first kappa shape index (κ1) is 12.5. The van der Waals surface area contributed by atoms with Crippen molar-refractivity contribution in [3.63, 3.8) is 0 Å². The molecule has 3 aromatic rings. The van der Waals surface area contributed by atoms with Gasteiger partial charge in [0.2, 0.25) is 0 Å². The van der Waals surface area contributed by atoms with Crippen LogP contribution in [0.25, 0.3) is 22.0 Å². The van der Waals surface area contributed by atoms with Gasteiger partial charge < -0.3 is 9.47 Å². The first-order valence-corrected chi connectivity index (χ1v) is 6.38. The third-order valence-corrected chi connectivity index (χ3v) is 3.31. The minimum absolute atomic E-state index is 0.821.